The van der Waals surface area contributed by atoms with Gasteiger partial charge in [0.15, 0.2) is 0 Å². The molecule has 0 aliphatic carbocycles. The number of unbranched alkanes of at least 4 members (excludes halogenated alkanes) is 1. The molecule has 1 saturated heterocycles. The van der Waals surface area contributed by atoms with E-state index in [0.29, 0.717) is 35.7 Å². The van der Waals surface area contributed by atoms with Gasteiger partial charge in [0.1, 0.15) is 10.6 Å². The van der Waals surface area contributed by atoms with Crippen molar-refractivity contribution in [3.8, 4) is 5.75 Å². The lowest BCUT2D eigenvalue weighted by atomic mass is 9.97. The maximum atomic E-state index is 13.1. The molecule has 0 saturated carbocycles. The Morgan fingerprint density at radius 2 is 1.79 bits per heavy atom. The van der Waals surface area contributed by atoms with Crippen LogP contribution in [0.4, 0.5) is 5.69 Å². The van der Waals surface area contributed by atoms with E-state index < -0.39 is 16.0 Å². The zero-order chi connectivity index (χ0) is 24.7. The lowest BCUT2D eigenvalue weighted by Crippen LogP contribution is -2.41. The Balaban J connectivity index is 1.57. The molecule has 1 N–H and O–H groups in total. The van der Waals surface area contributed by atoms with Gasteiger partial charge < -0.3 is 14.8 Å². The van der Waals surface area contributed by atoms with E-state index in [-0.39, 0.29) is 35.6 Å². The fourth-order valence-electron chi connectivity index (χ4n) is 3.68. The minimum Gasteiger partial charge on any atom is -0.495 e. The molecule has 184 valence electrons. The quantitative estimate of drug-likeness (QED) is 0.399. The predicted molar refractivity (Wildman–Crippen MR) is 130 cm³/mol. The second-order valence-corrected chi connectivity index (χ2v) is 10.4. The van der Waals surface area contributed by atoms with Crippen LogP contribution in [-0.4, -0.2) is 51.4 Å². The van der Waals surface area contributed by atoms with Crippen LogP contribution >= 0.6 is 11.6 Å². The lowest BCUT2D eigenvalue weighted by Gasteiger charge is -2.31. The molecule has 1 heterocycles. The molecule has 34 heavy (non-hydrogen) atoms. The molecule has 1 aliphatic heterocycles. The van der Waals surface area contributed by atoms with E-state index in [1.54, 1.807) is 30.3 Å². The second-order valence-electron chi connectivity index (χ2n) is 8.03. The Morgan fingerprint density at radius 1 is 1.12 bits per heavy atom. The summed E-state index contributed by atoms with van der Waals surface area (Å²) in [5.41, 5.74) is 0.984. The number of benzene rings is 2. The zero-order valence-electron chi connectivity index (χ0n) is 19.3. The van der Waals surface area contributed by atoms with Crippen LogP contribution in [-0.2, 0) is 19.6 Å². The van der Waals surface area contributed by atoms with Crippen molar-refractivity contribution in [2.24, 2.45) is 5.92 Å². The van der Waals surface area contributed by atoms with Crippen molar-refractivity contribution in [1.82, 2.24) is 4.31 Å². The van der Waals surface area contributed by atoms with Gasteiger partial charge in [0, 0.05) is 29.7 Å². The monoisotopic (exact) mass is 508 g/mol. The number of esters is 1. The Morgan fingerprint density at radius 3 is 2.41 bits per heavy atom. The van der Waals surface area contributed by atoms with E-state index in [9.17, 15) is 18.0 Å². The number of carbonyl (C=O) groups excluding carboxylic acids is 2. The summed E-state index contributed by atoms with van der Waals surface area (Å²) in [5.74, 6) is -0.680. The number of hydrogen-bond donors (Lipinski definition) is 1. The van der Waals surface area contributed by atoms with Crippen LogP contribution < -0.4 is 10.1 Å². The summed E-state index contributed by atoms with van der Waals surface area (Å²) in [7, 11) is -2.40. The van der Waals surface area contributed by atoms with Crippen LogP contribution in [0.1, 0.15) is 43.0 Å². The van der Waals surface area contributed by atoms with Crippen LogP contribution in [0.2, 0.25) is 5.02 Å². The summed E-state index contributed by atoms with van der Waals surface area (Å²) in [5, 5.41) is 3.14. The molecule has 1 aliphatic rings. The Bertz CT molecular complexity index is 1110. The number of methoxy groups -OCH3 is 1. The third kappa shape index (κ3) is 6.28. The van der Waals surface area contributed by atoms with Crippen LogP contribution in [0.5, 0.6) is 5.75 Å². The zero-order valence-corrected chi connectivity index (χ0v) is 20.8. The van der Waals surface area contributed by atoms with Gasteiger partial charge in [-0.3, -0.25) is 4.79 Å². The molecule has 0 aromatic heterocycles. The first kappa shape index (κ1) is 26.0. The van der Waals surface area contributed by atoms with Gasteiger partial charge in [0.2, 0.25) is 15.9 Å². The molecule has 0 unspecified atom stereocenters. The van der Waals surface area contributed by atoms with Crippen molar-refractivity contribution in [2.45, 2.75) is 37.5 Å². The van der Waals surface area contributed by atoms with Gasteiger partial charge in [0.05, 0.1) is 19.3 Å². The van der Waals surface area contributed by atoms with E-state index in [0.717, 1.165) is 12.8 Å². The highest BCUT2D eigenvalue weighted by Gasteiger charge is 2.34. The standard InChI is InChI=1S/C24H29ClN2O6S/c1-3-4-15-33-24(29)18-5-8-20(9-6-18)26-23(28)17-11-13-27(14-12-17)34(30,31)22-16-19(25)7-10-21(22)32-2/h5-10,16-17H,3-4,11-15H2,1-2H3,(H,26,28). The van der Waals surface area contributed by atoms with Gasteiger partial charge in [0.25, 0.3) is 0 Å². The van der Waals surface area contributed by atoms with E-state index >= 15 is 0 Å². The molecule has 2 aromatic rings. The Kier molecular flexibility index (Phi) is 8.93. The van der Waals surface area contributed by atoms with Crippen molar-refractivity contribution in [3.05, 3.63) is 53.1 Å². The highest BCUT2D eigenvalue weighted by atomic mass is 35.5. The first-order valence-electron chi connectivity index (χ1n) is 11.2. The average Bonchev–Trinajstić information content (AvgIpc) is 2.84. The number of rotatable bonds is 9. The normalized spacial score (nSPS) is 15.0. The van der Waals surface area contributed by atoms with Crippen LogP contribution in [0.15, 0.2) is 47.4 Å². The molecule has 0 bridgehead atoms. The van der Waals surface area contributed by atoms with Gasteiger partial charge in [-0.25, -0.2) is 13.2 Å². The van der Waals surface area contributed by atoms with E-state index in [1.807, 2.05) is 6.92 Å². The molecule has 3 rings (SSSR count). The summed E-state index contributed by atoms with van der Waals surface area (Å²) in [6.45, 7) is 2.81. The maximum absolute atomic E-state index is 13.1. The summed E-state index contributed by atoms with van der Waals surface area (Å²) in [6.07, 6.45) is 2.52. The summed E-state index contributed by atoms with van der Waals surface area (Å²) >= 11 is 6.00. The Hall–Kier alpha value is -2.62. The lowest BCUT2D eigenvalue weighted by molar-refractivity contribution is -0.120. The summed E-state index contributed by atoms with van der Waals surface area (Å²) in [6, 6.07) is 11.0. The fraction of sp³-hybridized carbons (Fsp3) is 0.417. The van der Waals surface area contributed by atoms with Gasteiger partial charge in [-0.2, -0.15) is 4.31 Å². The number of nitrogens with one attached hydrogen (secondary N) is 1. The number of anilines is 1. The molecule has 10 heteroatoms. The first-order chi connectivity index (χ1) is 16.3. The molecule has 1 amide bonds. The average molecular weight is 509 g/mol. The van der Waals surface area contributed by atoms with Crippen molar-refractivity contribution in [3.63, 3.8) is 0 Å². The van der Waals surface area contributed by atoms with Gasteiger partial charge in [-0.15, -0.1) is 0 Å². The Labute approximate surface area is 205 Å². The van der Waals surface area contributed by atoms with Crippen LogP contribution in [0.25, 0.3) is 0 Å². The van der Waals surface area contributed by atoms with Gasteiger partial charge in [-0.1, -0.05) is 24.9 Å². The molecular formula is C24H29ClN2O6S. The topological polar surface area (TPSA) is 102 Å². The molecule has 0 atom stereocenters. The minimum atomic E-state index is -3.81. The van der Waals surface area contributed by atoms with E-state index in [1.165, 1.54) is 23.5 Å². The maximum Gasteiger partial charge on any atom is 0.338 e. The second kappa shape index (κ2) is 11.7. The molecule has 8 nitrogen and oxygen atoms in total. The minimum absolute atomic E-state index is 0.0127. The fourth-order valence-corrected chi connectivity index (χ4v) is 5.56. The van der Waals surface area contributed by atoms with Crippen molar-refractivity contribution >= 4 is 39.2 Å². The number of ether oxygens (including phenoxy) is 2. The molecule has 2 aromatic carbocycles. The third-order valence-electron chi connectivity index (χ3n) is 5.69. The first-order valence-corrected chi connectivity index (χ1v) is 13.0. The summed E-state index contributed by atoms with van der Waals surface area (Å²) in [4.78, 5) is 24.7. The highest BCUT2D eigenvalue weighted by Crippen LogP contribution is 2.32. The molecule has 1 fully saturated rings. The smallest absolute Gasteiger partial charge is 0.338 e. The number of halogens is 1. The third-order valence-corrected chi connectivity index (χ3v) is 7.84. The van der Waals surface area contributed by atoms with Crippen molar-refractivity contribution in [2.75, 3.05) is 32.1 Å². The number of sulfonamides is 1. The number of nitrogens with zero attached hydrogens (tertiary/aromatic N) is 1. The predicted octanol–water partition coefficient (Wildman–Crippen LogP) is 4.34. The number of piperidine rings is 1. The molecule has 0 radical (unpaired) electrons. The van der Waals surface area contributed by atoms with Crippen LogP contribution in [0.3, 0.4) is 0 Å². The van der Waals surface area contributed by atoms with Gasteiger partial charge >= 0.3 is 5.97 Å². The van der Waals surface area contributed by atoms with Crippen molar-refractivity contribution in [1.29, 1.82) is 0 Å². The largest absolute Gasteiger partial charge is 0.495 e. The molecular weight excluding hydrogens is 480 g/mol. The van der Waals surface area contributed by atoms with Gasteiger partial charge in [-0.05, 0) is 61.7 Å². The number of amides is 1. The van der Waals surface area contributed by atoms with E-state index in [4.69, 9.17) is 21.1 Å². The highest BCUT2D eigenvalue weighted by molar-refractivity contribution is 7.89. The van der Waals surface area contributed by atoms with E-state index in [2.05, 4.69) is 5.32 Å². The van der Waals surface area contributed by atoms with Crippen molar-refractivity contribution < 1.29 is 27.5 Å². The number of hydrogen-bond acceptors (Lipinski definition) is 6. The molecule has 0 spiro atoms. The number of carbonyl (C=O) groups is 2. The van der Waals surface area contributed by atoms with Crippen LogP contribution in [0, 0.1) is 5.92 Å². The SMILES string of the molecule is CCCCOC(=O)c1ccc(NC(=O)C2CCN(S(=O)(=O)c3cc(Cl)ccc3OC)CC2)cc1. The summed E-state index contributed by atoms with van der Waals surface area (Å²) < 4.78 is 37.9.